The maximum Gasteiger partial charge on any atom is 0.573 e. The van der Waals surface area contributed by atoms with Crippen LogP contribution in [0.15, 0.2) is 48.5 Å². The van der Waals surface area contributed by atoms with Gasteiger partial charge in [-0.05, 0) is 36.2 Å². The Balaban J connectivity index is 1.93. The smallest absolute Gasteiger partial charge is 0.462 e. The molecule has 0 aliphatic rings. The number of carbonyl (C=O) groups is 2. The second-order valence-corrected chi connectivity index (χ2v) is 6.51. The molecule has 2 rings (SSSR count). The highest BCUT2D eigenvalue weighted by Crippen LogP contribution is 2.23. The summed E-state index contributed by atoms with van der Waals surface area (Å²) in [7, 11) is 0. The number of benzene rings is 2. The molecule has 30 heavy (non-hydrogen) atoms. The average molecular weight is 424 g/mol. The molecule has 0 aliphatic carbocycles. The van der Waals surface area contributed by atoms with E-state index in [-0.39, 0.29) is 30.1 Å². The monoisotopic (exact) mass is 424 g/mol. The topological polar surface area (TPSA) is 61.8 Å². The van der Waals surface area contributed by atoms with Crippen LogP contribution in [0, 0.1) is 0 Å². The summed E-state index contributed by atoms with van der Waals surface area (Å²) in [5.41, 5.74) is 0.633. The lowest BCUT2D eigenvalue weighted by Crippen LogP contribution is -2.17. The number of hydrogen-bond acceptors (Lipinski definition) is 5. The maximum atomic E-state index is 12.4. The van der Waals surface area contributed by atoms with Gasteiger partial charge in [-0.1, -0.05) is 50.5 Å². The Morgan fingerprint density at radius 1 is 0.833 bits per heavy atom. The zero-order valence-corrected chi connectivity index (χ0v) is 16.5. The second kappa shape index (κ2) is 11.2. The van der Waals surface area contributed by atoms with Gasteiger partial charge in [-0.25, -0.2) is 9.59 Å². The van der Waals surface area contributed by atoms with E-state index in [1.54, 1.807) is 12.1 Å². The maximum absolute atomic E-state index is 12.4. The molecule has 0 fully saturated rings. The van der Waals surface area contributed by atoms with Gasteiger partial charge >= 0.3 is 18.3 Å². The summed E-state index contributed by atoms with van der Waals surface area (Å²) in [6.07, 6.45) is -0.937. The van der Waals surface area contributed by atoms with Crippen molar-refractivity contribution in [1.82, 2.24) is 0 Å². The van der Waals surface area contributed by atoms with Crippen molar-refractivity contribution in [2.45, 2.75) is 45.6 Å². The first kappa shape index (κ1) is 23.3. The van der Waals surface area contributed by atoms with E-state index < -0.39 is 18.3 Å². The summed E-state index contributed by atoms with van der Waals surface area (Å²) >= 11 is 0. The predicted octanol–water partition coefficient (Wildman–Crippen LogP) is 5.68. The van der Waals surface area contributed by atoms with Gasteiger partial charge in [0.1, 0.15) is 12.4 Å². The fraction of sp³-hybridized carbons (Fsp3) is 0.364. The summed E-state index contributed by atoms with van der Waals surface area (Å²) in [5.74, 6) is -1.71. The van der Waals surface area contributed by atoms with Crippen molar-refractivity contribution < 1.29 is 37.0 Å². The van der Waals surface area contributed by atoms with Crippen LogP contribution in [-0.4, -0.2) is 24.9 Å². The zero-order valence-electron chi connectivity index (χ0n) is 16.5. The van der Waals surface area contributed by atoms with Crippen LogP contribution >= 0.6 is 0 Å². The lowest BCUT2D eigenvalue weighted by atomic mass is 10.1. The van der Waals surface area contributed by atoms with E-state index in [2.05, 4.69) is 11.7 Å². The van der Waals surface area contributed by atoms with E-state index >= 15 is 0 Å². The Morgan fingerprint density at radius 3 is 2.00 bits per heavy atom. The molecule has 0 amide bonds. The van der Waals surface area contributed by atoms with Gasteiger partial charge in [-0.2, -0.15) is 0 Å². The highest BCUT2D eigenvalue weighted by Gasteiger charge is 2.31. The van der Waals surface area contributed by atoms with Gasteiger partial charge in [0.15, 0.2) is 0 Å². The first-order valence-electron chi connectivity index (χ1n) is 9.58. The van der Waals surface area contributed by atoms with E-state index in [9.17, 15) is 22.8 Å². The molecule has 0 radical (unpaired) electrons. The Kier molecular flexibility index (Phi) is 8.70. The van der Waals surface area contributed by atoms with Gasteiger partial charge in [-0.3, -0.25) is 0 Å². The number of ether oxygens (including phenoxy) is 3. The molecule has 0 aliphatic heterocycles. The van der Waals surface area contributed by atoms with Crippen molar-refractivity contribution >= 4 is 11.9 Å². The number of alkyl halides is 3. The van der Waals surface area contributed by atoms with Gasteiger partial charge in [0.05, 0.1) is 17.7 Å². The second-order valence-electron chi connectivity index (χ2n) is 6.51. The molecule has 0 aromatic heterocycles. The van der Waals surface area contributed by atoms with Crippen LogP contribution in [0.1, 0.15) is 58.9 Å². The van der Waals surface area contributed by atoms with E-state index in [4.69, 9.17) is 9.47 Å². The Hall–Kier alpha value is -3.03. The number of halogens is 3. The highest BCUT2D eigenvalue weighted by atomic mass is 19.4. The molecule has 2 aromatic rings. The molecule has 5 nitrogen and oxygen atoms in total. The van der Waals surface area contributed by atoms with Gasteiger partial charge in [0.25, 0.3) is 0 Å². The Morgan fingerprint density at radius 2 is 1.43 bits per heavy atom. The third-order valence-corrected chi connectivity index (χ3v) is 4.12. The van der Waals surface area contributed by atoms with E-state index in [0.717, 1.165) is 37.8 Å². The quantitative estimate of drug-likeness (QED) is 0.363. The third kappa shape index (κ3) is 7.77. The molecular formula is C22H23F3O5. The van der Waals surface area contributed by atoms with Gasteiger partial charge in [-0.15, -0.1) is 13.2 Å². The highest BCUT2D eigenvalue weighted by molar-refractivity contribution is 6.03. The van der Waals surface area contributed by atoms with Crippen molar-refractivity contribution in [3.05, 3.63) is 65.2 Å². The Labute approximate surface area is 172 Å². The van der Waals surface area contributed by atoms with Crippen molar-refractivity contribution in [2.24, 2.45) is 0 Å². The number of carbonyl (C=O) groups excluding carboxylic acids is 2. The van der Waals surface area contributed by atoms with Crippen LogP contribution in [0.3, 0.4) is 0 Å². The molecule has 0 spiro atoms. The van der Waals surface area contributed by atoms with Crippen molar-refractivity contribution in [3.8, 4) is 5.75 Å². The zero-order chi connectivity index (χ0) is 22.0. The molecule has 0 saturated heterocycles. The first-order chi connectivity index (χ1) is 14.3. The first-order valence-corrected chi connectivity index (χ1v) is 9.58. The van der Waals surface area contributed by atoms with E-state index in [1.807, 2.05) is 0 Å². The summed E-state index contributed by atoms with van der Waals surface area (Å²) in [5, 5.41) is 0. The van der Waals surface area contributed by atoms with Gasteiger partial charge < -0.3 is 14.2 Å². The standard InChI is InChI=1S/C22H23F3O5/c1-2-3-4-7-14-28-20(26)18-8-5-6-9-19(18)21(27)29-15-16-10-12-17(13-11-16)30-22(23,24)25/h5-6,8-13H,2-4,7,14-15H2,1H3. The number of rotatable bonds is 10. The minimum absolute atomic E-state index is 0.0630. The largest absolute Gasteiger partial charge is 0.573 e. The Bertz CT molecular complexity index is 831. The molecule has 0 N–H and O–H groups in total. The van der Waals surface area contributed by atoms with Crippen LogP contribution in [0.25, 0.3) is 0 Å². The molecule has 2 aromatic carbocycles. The third-order valence-electron chi connectivity index (χ3n) is 4.12. The SMILES string of the molecule is CCCCCCOC(=O)c1ccccc1C(=O)OCc1ccc(OC(F)(F)F)cc1. The minimum Gasteiger partial charge on any atom is -0.462 e. The van der Waals surface area contributed by atoms with Crippen molar-refractivity contribution in [1.29, 1.82) is 0 Å². The summed E-state index contributed by atoms with van der Waals surface area (Å²) < 4.78 is 50.8. The summed E-state index contributed by atoms with van der Waals surface area (Å²) in [4.78, 5) is 24.7. The molecule has 0 atom stereocenters. The van der Waals surface area contributed by atoms with Crippen LogP contribution in [0.2, 0.25) is 0 Å². The van der Waals surface area contributed by atoms with Crippen LogP contribution in [-0.2, 0) is 16.1 Å². The fourth-order valence-corrected chi connectivity index (χ4v) is 2.62. The molecule has 0 heterocycles. The lowest BCUT2D eigenvalue weighted by molar-refractivity contribution is -0.274. The van der Waals surface area contributed by atoms with Crippen LogP contribution in [0.4, 0.5) is 13.2 Å². The lowest BCUT2D eigenvalue weighted by Gasteiger charge is -2.11. The minimum atomic E-state index is -4.78. The molecule has 0 bridgehead atoms. The van der Waals surface area contributed by atoms with Gasteiger partial charge in [0.2, 0.25) is 0 Å². The molecular weight excluding hydrogens is 401 g/mol. The average Bonchev–Trinajstić information content (AvgIpc) is 2.71. The van der Waals surface area contributed by atoms with Crippen molar-refractivity contribution in [2.75, 3.05) is 6.61 Å². The number of unbranched alkanes of at least 4 members (excludes halogenated alkanes) is 3. The molecule has 8 heteroatoms. The normalized spacial score (nSPS) is 11.1. The van der Waals surface area contributed by atoms with Crippen LogP contribution in [0.5, 0.6) is 5.75 Å². The van der Waals surface area contributed by atoms with Gasteiger partial charge in [0, 0.05) is 0 Å². The molecule has 0 saturated carbocycles. The van der Waals surface area contributed by atoms with E-state index in [1.165, 1.54) is 24.3 Å². The fourth-order valence-electron chi connectivity index (χ4n) is 2.62. The van der Waals surface area contributed by atoms with Crippen LogP contribution < -0.4 is 4.74 Å². The van der Waals surface area contributed by atoms with Crippen molar-refractivity contribution in [3.63, 3.8) is 0 Å². The summed E-state index contributed by atoms with van der Waals surface area (Å²) in [6.45, 7) is 2.18. The molecule has 162 valence electrons. The van der Waals surface area contributed by atoms with E-state index in [0.29, 0.717) is 5.56 Å². The molecule has 0 unspecified atom stereocenters. The summed E-state index contributed by atoms with van der Waals surface area (Å²) in [6, 6.07) is 11.1. The number of esters is 2. The number of hydrogen-bond donors (Lipinski definition) is 0. The predicted molar refractivity (Wildman–Crippen MR) is 103 cm³/mol.